The minimum absolute atomic E-state index is 0.169. The molecule has 9 nitrogen and oxygen atoms in total. The number of hydrogen-bond donors (Lipinski definition) is 5. The largest absolute Gasteiger partial charge is 0.368 e. The number of primary amides is 1. The Balaban J connectivity index is 4.85. The molecule has 7 N–H and O–H groups in total. The Morgan fingerprint density at radius 2 is 1.64 bits per heavy atom. The molecular weight excluding hydrogens is 326 g/mol. The highest BCUT2D eigenvalue weighted by Crippen LogP contribution is 2.06. The second kappa shape index (κ2) is 12.2. The quantitative estimate of drug-likeness (QED) is 0.276. The maximum atomic E-state index is 12.5. The fourth-order valence-corrected chi connectivity index (χ4v) is 2.20. The molecule has 0 rings (SSSR count). The summed E-state index contributed by atoms with van der Waals surface area (Å²) in [6, 6.07) is -1.61. The summed E-state index contributed by atoms with van der Waals surface area (Å²) in [6.45, 7) is 5.38. The minimum atomic E-state index is -0.818. The number of unbranched alkanes of at least 4 members (excludes halogenated alkanes) is 1. The summed E-state index contributed by atoms with van der Waals surface area (Å²) in [6.07, 6.45) is 2.13. The highest BCUT2D eigenvalue weighted by molar-refractivity contribution is 5.92. The Morgan fingerprint density at radius 1 is 1.00 bits per heavy atom. The summed E-state index contributed by atoms with van der Waals surface area (Å²) >= 11 is 0. The van der Waals surface area contributed by atoms with Crippen molar-refractivity contribution in [3.63, 3.8) is 0 Å². The molecule has 9 heteroatoms. The number of nitrogens with one attached hydrogen (secondary N) is 3. The molecule has 0 aromatic rings. The lowest BCUT2D eigenvalue weighted by atomic mass is 10.0. The zero-order valence-corrected chi connectivity index (χ0v) is 15.3. The molecule has 1 unspecified atom stereocenters. The van der Waals surface area contributed by atoms with E-state index in [-0.39, 0.29) is 18.4 Å². The van der Waals surface area contributed by atoms with Gasteiger partial charge in [0.1, 0.15) is 12.1 Å². The van der Waals surface area contributed by atoms with Gasteiger partial charge in [-0.1, -0.05) is 13.8 Å². The Kier molecular flexibility index (Phi) is 11.2. The summed E-state index contributed by atoms with van der Waals surface area (Å²) in [5.74, 6) is -1.75. The third-order valence-corrected chi connectivity index (χ3v) is 3.46. The Morgan fingerprint density at radius 3 is 2.12 bits per heavy atom. The Hall–Kier alpha value is -2.16. The van der Waals surface area contributed by atoms with Crippen LogP contribution in [0, 0.1) is 5.92 Å². The van der Waals surface area contributed by atoms with E-state index in [0.29, 0.717) is 32.2 Å². The zero-order chi connectivity index (χ0) is 19.4. The van der Waals surface area contributed by atoms with E-state index in [2.05, 4.69) is 16.0 Å². The van der Waals surface area contributed by atoms with Crippen LogP contribution >= 0.6 is 0 Å². The van der Waals surface area contributed by atoms with Crippen LogP contribution in [0.4, 0.5) is 0 Å². The first-order chi connectivity index (χ1) is 11.7. The van der Waals surface area contributed by atoms with Crippen LogP contribution in [0.2, 0.25) is 0 Å². The molecule has 0 aliphatic rings. The lowest BCUT2D eigenvalue weighted by molar-refractivity contribution is -0.132. The Bertz CT molecular complexity index is 467. The topological polar surface area (TPSA) is 156 Å². The average molecular weight is 357 g/mol. The molecule has 0 spiro atoms. The summed E-state index contributed by atoms with van der Waals surface area (Å²) in [5.41, 5.74) is 10.8. The van der Waals surface area contributed by atoms with E-state index in [1.54, 1.807) is 0 Å². The minimum Gasteiger partial charge on any atom is -0.368 e. The maximum Gasteiger partial charge on any atom is 0.243 e. The second-order valence-electron chi connectivity index (χ2n) is 6.41. The van der Waals surface area contributed by atoms with Gasteiger partial charge in [0.25, 0.3) is 0 Å². The number of amides is 4. The molecule has 25 heavy (non-hydrogen) atoms. The van der Waals surface area contributed by atoms with Gasteiger partial charge >= 0.3 is 0 Å². The van der Waals surface area contributed by atoms with Crippen molar-refractivity contribution in [3.8, 4) is 0 Å². The highest BCUT2D eigenvalue weighted by atomic mass is 16.2. The molecular formula is C16H31N5O4. The lowest BCUT2D eigenvalue weighted by Gasteiger charge is -2.23. The predicted molar refractivity (Wildman–Crippen MR) is 94.1 cm³/mol. The molecule has 0 aliphatic heterocycles. The van der Waals surface area contributed by atoms with Gasteiger partial charge in [0.15, 0.2) is 0 Å². The molecule has 0 bridgehead atoms. The first kappa shape index (κ1) is 22.8. The fourth-order valence-electron chi connectivity index (χ4n) is 2.20. The van der Waals surface area contributed by atoms with Crippen LogP contribution in [-0.2, 0) is 19.2 Å². The van der Waals surface area contributed by atoms with Crippen molar-refractivity contribution in [3.05, 3.63) is 0 Å². The maximum absolute atomic E-state index is 12.5. The van der Waals surface area contributed by atoms with Crippen LogP contribution in [0.25, 0.3) is 0 Å². The van der Waals surface area contributed by atoms with Crippen LogP contribution in [-0.4, -0.2) is 48.8 Å². The highest BCUT2D eigenvalue weighted by Gasteiger charge is 2.25. The number of carbonyl (C=O) groups excluding carboxylic acids is 4. The van der Waals surface area contributed by atoms with Gasteiger partial charge in [-0.15, -0.1) is 0 Å². The zero-order valence-electron chi connectivity index (χ0n) is 15.3. The van der Waals surface area contributed by atoms with E-state index < -0.39 is 29.8 Å². The first-order valence-corrected chi connectivity index (χ1v) is 8.50. The van der Waals surface area contributed by atoms with Crippen molar-refractivity contribution in [2.45, 2.75) is 58.5 Å². The normalized spacial score (nSPS) is 13.0. The van der Waals surface area contributed by atoms with E-state index in [1.807, 2.05) is 13.8 Å². The number of hydrogen-bond acceptors (Lipinski definition) is 5. The van der Waals surface area contributed by atoms with E-state index in [0.717, 1.165) is 0 Å². The van der Waals surface area contributed by atoms with Crippen molar-refractivity contribution in [1.29, 1.82) is 0 Å². The number of nitrogens with two attached hydrogens (primary N) is 2. The molecule has 0 saturated heterocycles. The Labute approximate surface area is 148 Å². The van der Waals surface area contributed by atoms with Gasteiger partial charge in [-0.25, -0.2) is 0 Å². The second-order valence-corrected chi connectivity index (χ2v) is 6.41. The van der Waals surface area contributed by atoms with E-state index in [1.165, 1.54) is 6.92 Å². The summed E-state index contributed by atoms with van der Waals surface area (Å²) in [5, 5.41) is 7.53. The third-order valence-electron chi connectivity index (χ3n) is 3.46. The monoisotopic (exact) mass is 357 g/mol. The smallest absolute Gasteiger partial charge is 0.243 e. The van der Waals surface area contributed by atoms with Gasteiger partial charge in [0.2, 0.25) is 23.6 Å². The molecule has 144 valence electrons. The van der Waals surface area contributed by atoms with Crippen LogP contribution in [0.1, 0.15) is 46.5 Å². The predicted octanol–water partition coefficient (Wildman–Crippen LogP) is -1.25. The molecule has 2 atom stereocenters. The van der Waals surface area contributed by atoms with Gasteiger partial charge in [-0.3, -0.25) is 19.2 Å². The first-order valence-electron chi connectivity index (χ1n) is 8.50. The van der Waals surface area contributed by atoms with Crippen molar-refractivity contribution < 1.29 is 19.2 Å². The standard InChI is InChI=1S/C16H31N5O4/c1-10(2)8-13(15(18)24)21-16(25)12(6-4-5-7-17)20-14(23)9-19-11(3)22/h10,12-13H,4-9,17H2,1-3H3,(H2,18,24)(H,19,22)(H,20,23)(H,21,25)/t12?,13-/m1/s1. The van der Waals surface area contributed by atoms with Crippen LogP contribution in [0.15, 0.2) is 0 Å². The molecule has 4 amide bonds. The third kappa shape index (κ3) is 11.1. The van der Waals surface area contributed by atoms with Gasteiger partial charge in [-0.05, 0) is 38.1 Å². The summed E-state index contributed by atoms with van der Waals surface area (Å²) in [7, 11) is 0. The van der Waals surface area contributed by atoms with Crippen molar-refractivity contribution >= 4 is 23.6 Å². The van der Waals surface area contributed by atoms with E-state index >= 15 is 0 Å². The molecule has 0 radical (unpaired) electrons. The molecule has 0 aliphatic carbocycles. The molecule has 0 fully saturated rings. The summed E-state index contributed by atoms with van der Waals surface area (Å²) < 4.78 is 0. The SMILES string of the molecule is CC(=O)NCC(=O)NC(CCCCN)C(=O)N[C@H](CC(C)C)C(N)=O. The van der Waals surface area contributed by atoms with Gasteiger partial charge in [-0.2, -0.15) is 0 Å². The van der Waals surface area contributed by atoms with Crippen LogP contribution in [0.5, 0.6) is 0 Å². The fraction of sp³-hybridized carbons (Fsp3) is 0.750. The van der Waals surface area contributed by atoms with Crippen LogP contribution in [0.3, 0.4) is 0 Å². The lowest BCUT2D eigenvalue weighted by Crippen LogP contribution is -2.54. The molecule has 0 saturated carbocycles. The molecule has 0 aromatic heterocycles. The van der Waals surface area contributed by atoms with Gasteiger partial charge < -0.3 is 27.4 Å². The molecule has 0 aromatic carbocycles. The average Bonchev–Trinajstić information content (AvgIpc) is 2.50. The summed E-state index contributed by atoms with van der Waals surface area (Å²) in [4.78, 5) is 46.7. The van der Waals surface area contributed by atoms with Gasteiger partial charge in [0, 0.05) is 6.92 Å². The van der Waals surface area contributed by atoms with E-state index in [4.69, 9.17) is 11.5 Å². The molecule has 0 heterocycles. The van der Waals surface area contributed by atoms with Gasteiger partial charge in [0.05, 0.1) is 6.54 Å². The van der Waals surface area contributed by atoms with Crippen molar-refractivity contribution in [1.82, 2.24) is 16.0 Å². The van der Waals surface area contributed by atoms with E-state index in [9.17, 15) is 19.2 Å². The van der Waals surface area contributed by atoms with Crippen LogP contribution < -0.4 is 27.4 Å². The van der Waals surface area contributed by atoms with Crippen molar-refractivity contribution in [2.75, 3.05) is 13.1 Å². The van der Waals surface area contributed by atoms with Crippen molar-refractivity contribution in [2.24, 2.45) is 17.4 Å². The number of rotatable bonds is 12. The number of carbonyl (C=O) groups is 4.